The SMILES string of the molecule is CCC(NC(=O)CCN(Cc1ccccc1)C(C)=O)C(=O)O. The summed E-state index contributed by atoms with van der Waals surface area (Å²) in [5.41, 5.74) is 0.982. The molecule has 0 radical (unpaired) electrons. The Labute approximate surface area is 130 Å². The number of aliphatic carboxylic acids is 1. The third-order valence-corrected chi connectivity index (χ3v) is 3.31. The van der Waals surface area contributed by atoms with Crippen LogP contribution in [0.25, 0.3) is 0 Å². The first-order valence-electron chi connectivity index (χ1n) is 7.25. The van der Waals surface area contributed by atoms with Gasteiger partial charge < -0.3 is 15.3 Å². The molecule has 1 unspecified atom stereocenters. The minimum absolute atomic E-state index is 0.0796. The lowest BCUT2D eigenvalue weighted by Gasteiger charge is -2.21. The lowest BCUT2D eigenvalue weighted by atomic mass is 10.2. The molecule has 0 spiro atoms. The maximum atomic E-state index is 11.8. The first-order valence-corrected chi connectivity index (χ1v) is 7.25. The predicted octanol–water partition coefficient (Wildman–Crippen LogP) is 1.40. The standard InChI is InChI=1S/C16H22N2O4/c1-3-14(16(21)22)17-15(20)9-10-18(12(2)19)11-13-7-5-4-6-8-13/h4-8,14H,3,9-11H2,1-2H3,(H,17,20)(H,21,22). The van der Waals surface area contributed by atoms with Gasteiger partial charge in [0.15, 0.2) is 0 Å². The highest BCUT2D eigenvalue weighted by Crippen LogP contribution is 2.05. The Morgan fingerprint density at radius 1 is 1.23 bits per heavy atom. The maximum absolute atomic E-state index is 11.8. The van der Waals surface area contributed by atoms with Crippen molar-refractivity contribution in [1.82, 2.24) is 10.2 Å². The van der Waals surface area contributed by atoms with E-state index in [0.717, 1.165) is 5.56 Å². The van der Waals surface area contributed by atoms with Gasteiger partial charge in [-0.2, -0.15) is 0 Å². The molecule has 0 saturated carbocycles. The fourth-order valence-corrected chi connectivity index (χ4v) is 1.99. The monoisotopic (exact) mass is 306 g/mol. The van der Waals surface area contributed by atoms with Gasteiger partial charge in [-0.05, 0) is 12.0 Å². The number of carbonyl (C=O) groups excluding carboxylic acids is 2. The Balaban J connectivity index is 2.52. The van der Waals surface area contributed by atoms with E-state index in [1.54, 1.807) is 11.8 Å². The van der Waals surface area contributed by atoms with Crippen LogP contribution in [-0.2, 0) is 20.9 Å². The van der Waals surface area contributed by atoms with Gasteiger partial charge >= 0.3 is 5.97 Å². The van der Waals surface area contributed by atoms with Gasteiger partial charge in [-0.25, -0.2) is 4.79 Å². The molecule has 1 rings (SSSR count). The highest BCUT2D eigenvalue weighted by Gasteiger charge is 2.18. The minimum Gasteiger partial charge on any atom is -0.480 e. The largest absolute Gasteiger partial charge is 0.480 e. The molecule has 1 aromatic carbocycles. The molecule has 2 amide bonds. The normalized spacial score (nSPS) is 11.5. The van der Waals surface area contributed by atoms with Gasteiger partial charge in [0.05, 0.1) is 0 Å². The number of carbonyl (C=O) groups is 3. The molecule has 6 heteroatoms. The summed E-state index contributed by atoms with van der Waals surface area (Å²) in [5.74, 6) is -1.54. The van der Waals surface area contributed by atoms with Crippen LogP contribution in [0.2, 0.25) is 0 Å². The van der Waals surface area contributed by atoms with Crippen molar-refractivity contribution in [3.8, 4) is 0 Å². The Hall–Kier alpha value is -2.37. The highest BCUT2D eigenvalue weighted by molar-refractivity contribution is 5.84. The smallest absolute Gasteiger partial charge is 0.326 e. The quantitative estimate of drug-likeness (QED) is 0.760. The van der Waals surface area contributed by atoms with Crippen molar-refractivity contribution in [2.45, 2.75) is 39.3 Å². The summed E-state index contributed by atoms with van der Waals surface area (Å²) in [4.78, 5) is 35.9. The molecular formula is C16H22N2O4. The van der Waals surface area contributed by atoms with Crippen LogP contribution in [0.5, 0.6) is 0 Å². The van der Waals surface area contributed by atoms with Crippen molar-refractivity contribution in [2.75, 3.05) is 6.54 Å². The van der Waals surface area contributed by atoms with E-state index in [4.69, 9.17) is 5.11 Å². The Bertz CT molecular complexity index is 516. The first-order chi connectivity index (χ1) is 10.4. The van der Waals surface area contributed by atoms with E-state index in [-0.39, 0.29) is 24.8 Å². The highest BCUT2D eigenvalue weighted by atomic mass is 16.4. The second-order valence-electron chi connectivity index (χ2n) is 5.04. The third kappa shape index (κ3) is 5.95. The number of carboxylic acid groups (broad SMARTS) is 1. The molecule has 0 aliphatic carbocycles. The average molecular weight is 306 g/mol. The fourth-order valence-electron chi connectivity index (χ4n) is 1.99. The summed E-state index contributed by atoms with van der Waals surface area (Å²) in [6.45, 7) is 3.83. The van der Waals surface area contributed by atoms with Crippen molar-refractivity contribution in [3.05, 3.63) is 35.9 Å². The van der Waals surface area contributed by atoms with Crippen molar-refractivity contribution in [1.29, 1.82) is 0 Å². The topological polar surface area (TPSA) is 86.7 Å². The van der Waals surface area contributed by atoms with E-state index in [0.29, 0.717) is 13.0 Å². The van der Waals surface area contributed by atoms with E-state index in [1.165, 1.54) is 6.92 Å². The number of nitrogens with zero attached hydrogens (tertiary/aromatic N) is 1. The van der Waals surface area contributed by atoms with E-state index in [1.807, 2.05) is 30.3 Å². The number of rotatable bonds is 8. The summed E-state index contributed by atoms with van der Waals surface area (Å²) < 4.78 is 0. The number of nitrogens with one attached hydrogen (secondary N) is 1. The zero-order valence-electron chi connectivity index (χ0n) is 12.9. The number of amides is 2. The van der Waals surface area contributed by atoms with Crippen LogP contribution < -0.4 is 5.32 Å². The molecule has 0 saturated heterocycles. The molecule has 0 aliphatic heterocycles. The lowest BCUT2D eigenvalue weighted by molar-refractivity contribution is -0.142. The molecule has 1 atom stereocenters. The second-order valence-corrected chi connectivity index (χ2v) is 5.04. The van der Waals surface area contributed by atoms with Crippen molar-refractivity contribution in [3.63, 3.8) is 0 Å². The molecule has 6 nitrogen and oxygen atoms in total. The fraction of sp³-hybridized carbons (Fsp3) is 0.438. The molecule has 22 heavy (non-hydrogen) atoms. The molecule has 0 aromatic heterocycles. The van der Waals surface area contributed by atoms with E-state index in [2.05, 4.69) is 5.32 Å². The van der Waals surface area contributed by atoms with Gasteiger partial charge in [-0.1, -0.05) is 37.3 Å². The van der Waals surface area contributed by atoms with Crippen LogP contribution in [0.4, 0.5) is 0 Å². The molecule has 0 bridgehead atoms. The average Bonchev–Trinajstić information content (AvgIpc) is 2.49. The Morgan fingerprint density at radius 2 is 1.86 bits per heavy atom. The summed E-state index contributed by atoms with van der Waals surface area (Å²) in [6, 6.07) is 8.61. The van der Waals surface area contributed by atoms with Crippen molar-refractivity contribution in [2.24, 2.45) is 0 Å². The lowest BCUT2D eigenvalue weighted by Crippen LogP contribution is -2.41. The predicted molar refractivity (Wildman–Crippen MR) is 82.0 cm³/mol. The van der Waals surface area contributed by atoms with Crippen LogP contribution in [0, 0.1) is 0 Å². The summed E-state index contributed by atoms with van der Waals surface area (Å²) in [6.07, 6.45) is 0.401. The molecule has 0 aliphatic rings. The third-order valence-electron chi connectivity index (χ3n) is 3.31. The Kier molecular flexibility index (Phi) is 7.08. The number of hydrogen-bond donors (Lipinski definition) is 2. The van der Waals surface area contributed by atoms with E-state index >= 15 is 0 Å². The van der Waals surface area contributed by atoms with Gasteiger partial charge in [0, 0.05) is 26.4 Å². The van der Waals surface area contributed by atoms with Crippen molar-refractivity contribution >= 4 is 17.8 Å². The van der Waals surface area contributed by atoms with Gasteiger partial charge in [-0.15, -0.1) is 0 Å². The number of carboxylic acids is 1. The minimum atomic E-state index is -1.05. The summed E-state index contributed by atoms with van der Waals surface area (Å²) in [5, 5.41) is 11.4. The van der Waals surface area contributed by atoms with Gasteiger partial charge in [0.25, 0.3) is 0 Å². The first kappa shape index (κ1) is 17.7. The number of hydrogen-bond acceptors (Lipinski definition) is 3. The molecule has 0 heterocycles. The zero-order valence-corrected chi connectivity index (χ0v) is 12.9. The van der Waals surface area contributed by atoms with Gasteiger partial charge in [0.2, 0.25) is 11.8 Å². The van der Waals surface area contributed by atoms with E-state index in [9.17, 15) is 14.4 Å². The molecule has 120 valence electrons. The molecule has 1 aromatic rings. The second kappa shape index (κ2) is 8.81. The van der Waals surface area contributed by atoms with Gasteiger partial charge in [0.1, 0.15) is 6.04 Å². The van der Waals surface area contributed by atoms with Crippen molar-refractivity contribution < 1.29 is 19.5 Å². The van der Waals surface area contributed by atoms with E-state index < -0.39 is 12.0 Å². The van der Waals surface area contributed by atoms with Crippen LogP contribution in [0.3, 0.4) is 0 Å². The molecular weight excluding hydrogens is 284 g/mol. The zero-order chi connectivity index (χ0) is 16.5. The summed E-state index contributed by atoms with van der Waals surface area (Å²) >= 11 is 0. The van der Waals surface area contributed by atoms with Crippen LogP contribution in [-0.4, -0.2) is 40.4 Å². The van der Waals surface area contributed by atoms with Crippen LogP contribution >= 0.6 is 0 Å². The number of benzene rings is 1. The van der Waals surface area contributed by atoms with Gasteiger partial charge in [-0.3, -0.25) is 9.59 Å². The van der Waals surface area contributed by atoms with Crippen LogP contribution in [0.1, 0.15) is 32.3 Å². The Morgan fingerprint density at radius 3 is 2.36 bits per heavy atom. The summed E-state index contributed by atoms with van der Waals surface area (Å²) in [7, 11) is 0. The maximum Gasteiger partial charge on any atom is 0.326 e. The molecule has 0 fully saturated rings. The molecule has 2 N–H and O–H groups in total. The van der Waals surface area contributed by atoms with Crippen LogP contribution in [0.15, 0.2) is 30.3 Å².